The maximum Gasteiger partial charge on any atom is 0.306 e. The maximum absolute atomic E-state index is 12.0. The van der Waals surface area contributed by atoms with Crippen molar-refractivity contribution in [2.75, 3.05) is 13.7 Å². The van der Waals surface area contributed by atoms with Crippen LogP contribution in [0.3, 0.4) is 0 Å². The molecule has 0 unspecified atom stereocenters. The van der Waals surface area contributed by atoms with Gasteiger partial charge >= 0.3 is 5.97 Å². The van der Waals surface area contributed by atoms with Crippen molar-refractivity contribution in [3.8, 4) is 5.75 Å². The van der Waals surface area contributed by atoms with Crippen molar-refractivity contribution in [1.82, 2.24) is 10.3 Å². The fraction of sp³-hybridized carbons (Fsp3) is 0.182. The number of nitrogens with zero attached hydrogens (tertiary/aromatic N) is 1. The van der Waals surface area contributed by atoms with E-state index in [-0.39, 0.29) is 6.42 Å². The van der Waals surface area contributed by atoms with Crippen LogP contribution in [-0.2, 0) is 20.7 Å². The van der Waals surface area contributed by atoms with Crippen molar-refractivity contribution in [3.63, 3.8) is 0 Å². The molecule has 29 heavy (non-hydrogen) atoms. The molecule has 2 aromatic carbocycles. The quantitative estimate of drug-likeness (QED) is 0.621. The molecule has 7 nitrogen and oxygen atoms in total. The van der Waals surface area contributed by atoms with E-state index in [1.165, 1.54) is 19.2 Å². The summed E-state index contributed by atoms with van der Waals surface area (Å²) in [6, 6.07) is 17.8. The molecule has 7 heteroatoms. The van der Waals surface area contributed by atoms with E-state index in [1.54, 1.807) is 12.1 Å². The lowest BCUT2D eigenvalue weighted by Crippen LogP contribution is -2.34. The summed E-state index contributed by atoms with van der Waals surface area (Å²) in [4.78, 5) is 40.2. The number of aryl methyl sites for hydroxylation is 1. The number of methoxy groups -OCH3 is 1. The maximum atomic E-state index is 12.0. The summed E-state index contributed by atoms with van der Waals surface area (Å²) in [7, 11) is 1.52. The van der Waals surface area contributed by atoms with E-state index in [0.29, 0.717) is 17.7 Å². The van der Waals surface area contributed by atoms with E-state index < -0.39 is 24.4 Å². The second-order valence-electron chi connectivity index (χ2n) is 6.26. The summed E-state index contributed by atoms with van der Waals surface area (Å²) in [6.45, 7) is -0.522. The van der Waals surface area contributed by atoms with Gasteiger partial charge in [0.05, 0.1) is 19.0 Å². The van der Waals surface area contributed by atoms with Crippen molar-refractivity contribution >= 4 is 28.7 Å². The molecule has 0 radical (unpaired) electrons. The van der Waals surface area contributed by atoms with Crippen LogP contribution in [0.25, 0.3) is 10.9 Å². The molecule has 0 aliphatic carbocycles. The Morgan fingerprint density at radius 3 is 2.48 bits per heavy atom. The van der Waals surface area contributed by atoms with Gasteiger partial charge in [0.25, 0.3) is 11.8 Å². The number of hydrogen-bond acceptors (Lipinski definition) is 6. The zero-order valence-corrected chi connectivity index (χ0v) is 15.9. The van der Waals surface area contributed by atoms with Gasteiger partial charge < -0.3 is 9.47 Å². The first kappa shape index (κ1) is 20.0. The number of aromatic nitrogens is 1. The number of rotatable bonds is 7. The minimum Gasteiger partial charge on any atom is -0.497 e. The van der Waals surface area contributed by atoms with Gasteiger partial charge in [0.1, 0.15) is 5.75 Å². The molecule has 2 amide bonds. The van der Waals surface area contributed by atoms with Crippen LogP contribution in [0.5, 0.6) is 5.75 Å². The van der Waals surface area contributed by atoms with Crippen molar-refractivity contribution < 1.29 is 23.9 Å². The standard InChI is InChI=1S/C22H20N2O5/c1-28-18-11-7-16(8-12-18)22(27)24-20(25)14-29-21(26)13-10-17-9-6-15-4-2-3-5-19(15)23-17/h2-9,11-12H,10,13-14H2,1H3,(H,24,25,27). The number of pyridine rings is 1. The van der Waals surface area contributed by atoms with Gasteiger partial charge in [-0.3, -0.25) is 24.7 Å². The van der Waals surface area contributed by atoms with E-state index in [4.69, 9.17) is 9.47 Å². The number of carbonyl (C=O) groups excluding carboxylic acids is 3. The van der Waals surface area contributed by atoms with Crippen LogP contribution in [0.2, 0.25) is 0 Å². The molecule has 0 aliphatic heterocycles. The number of amides is 2. The monoisotopic (exact) mass is 392 g/mol. The van der Waals surface area contributed by atoms with Gasteiger partial charge in [-0.1, -0.05) is 24.3 Å². The molecule has 0 bridgehead atoms. The van der Waals surface area contributed by atoms with Gasteiger partial charge in [-0.2, -0.15) is 0 Å². The molecule has 1 heterocycles. The van der Waals surface area contributed by atoms with Crippen LogP contribution in [-0.4, -0.2) is 36.5 Å². The third-order valence-corrected chi connectivity index (χ3v) is 4.21. The normalized spacial score (nSPS) is 10.4. The number of carbonyl (C=O) groups is 3. The molecule has 3 rings (SSSR count). The number of ether oxygens (including phenoxy) is 2. The lowest BCUT2D eigenvalue weighted by Gasteiger charge is -2.07. The second kappa shape index (κ2) is 9.45. The highest BCUT2D eigenvalue weighted by molar-refractivity contribution is 6.05. The summed E-state index contributed by atoms with van der Waals surface area (Å²) >= 11 is 0. The smallest absolute Gasteiger partial charge is 0.306 e. The van der Waals surface area contributed by atoms with Crippen LogP contribution < -0.4 is 10.1 Å². The Bertz CT molecular complexity index is 1030. The minimum absolute atomic E-state index is 0.0883. The fourth-order valence-corrected chi connectivity index (χ4v) is 2.67. The first-order valence-corrected chi connectivity index (χ1v) is 9.03. The van der Waals surface area contributed by atoms with Gasteiger partial charge in [0.15, 0.2) is 6.61 Å². The molecule has 148 valence electrons. The molecule has 1 N–H and O–H groups in total. The van der Waals surface area contributed by atoms with Gasteiger partial charge in [-0.15, -0.1) is 0 Å². The minimum atomic E-state index is -0.692. The first-order chi connectivity index (χ1) is 14.0. The first-order valence-electron chi connectivity index (χ1n) is 9.03. The molecular weight excluding hydrogens is 372 g/mol. The van der Waals surface area contributed by atoms with Crippen LogP contribution in [0.15, 0.2) is 60.7 Å². The van der Waals surface area contributed by atoms with Gasteiger partial charge in [0, 0.05) is 23.1 Å². The largest absolute Gasteiger partial charge is 0.497 e. The number of imide groups is 1. The Morgan fingerprint density at radius 2 is 1.72 bits per heavy atom. The highest BCUT2D eigenvalue weighted by Crippen LogP contribution is 2.13. The van der Waals surface area contributed by atoms with Crippen molar-refractivity contribution in [2.45, 2.75) is 12.8 Å². The molecule has 0 fully saturated rings. The SMILES string of the molecule is COc1ccc(C(=O)NC(=O)COC(=O)CCc2ccc3ccccc3n2)cc1. The number of fused-ring (bicyclic) bond motifs is 1. The predicted molar refractivity (Wildman–Crippen MR) is 106 cm³/mol. The summed E-state index contributed by atoms with van der Waals surface area (Å²) in [6.07, 6.45) is 0.487. The Labute approximate surface area is 167 Å². The highest BCUT2D eigenvalue weighted by atomic mass is 16.5. The molecule has 1 aromatic heterocycles. The number of benzene rings is 2. The van der Waals surface area contributed by atoms with Crippen LogP contribution in [0.4, 0.5) is 0 Å². The van der Waals surface area contributed by atoms with E-state index in [9.17, 15) is 14.4 Å². The van der Waals surface area contributed by atoms with Crippen LogP contribution in [0, 0.1) is 0 Å². The van der Waals surface area contributed by atoms with Crippen LogP contribution >= 0.6 is 0 Å². The Hall–Kier alpha value is -3.74. The third kappa shape index (κ3) is 5.62. The third-order valence-electron chi connectivity index (χ3n) is 4.21. The average molecular weight is 392 g/mol. The molecule has 3 aromatic rings. The van der Waals surface area contributed by atoms with Crippen molar-refractivity contribution in [2.24, 2.45) is 0 Å². The topological polar surface area (TPSA) is 94.6 Å². The fourth-order valence-electron chi connectivity index (χ4n) is 2.67. The van der Waals surface area contributed by atoms with E-state index >= 15 is 0 Å². The molecule has 0 aliphatic rings. The summed E-state index contributed by atoms with van der Waals surface area (Å²) in [5, 5.41) is 3.20. The molecule has 0 spiro atoms. The van der Waals surface area contributed by atoms with Gasteiger partial charge in [-0.25, -0.2) is 0 Å². The van der Waals surface area contributed by atoms with Crippen LogP contribution in [0.1, 0.15) is 22.5 Å². The molecule has 0 saturated heterocycles. The highest BCUT2D eigenvalue weighted by Gasteiger charge is 2.13. The Morgan fingerprint density at radius 1 is 0.966 bits per heavy atom. The number of esters is 1. The molecule has 0 atom stereocenters. The summed E-state index contributed by atoms with van der Waals surface area (Å²) in [5.41, 5.74) is 1.92. The Balaban J connectivity index is 1.43. The van der Waals surface area contributed by atoms with E-state index in [2.05, 4.69) is 10.3 Å². The summed E-state index contributed by atoms with van der Waals surface area (Å²) < 4.78 is 9.95. The average Bonchev–Trinajstić information content (AvgIpc) is 2.76. The zero-order valence-electron chi connectivity index (χ0n) is 15.9. The predicted octanol–water partition coefficient (Wildman–Crippen LogP) is 2.68. The zero-order chi connectivity index (χ0) is 20.6. The van der Waals surface area contributed by atoms with Crippen molar-refractivity contribution in [1.29, 1.82) is 0 Å². The van der Waals surface area contributed by atoms with Crippen molar-refractivity contribution in [3.05, 3.63) is 71.9 Å². The molecular formula is C22H20N2O5. The number of para-hydroxylation sites is 1. The summed E-state index contributed by atoms with van der Waals surface area (Å²) in [5.74, 6) is -1.20. The molecule has 0 saturated carbocycles. The number of hydrogen-bond donors (Lipinski definition) is 1. The van der Waals surface area contributed by atoms with E-state index in [1.807, 2.05) is 36.4 Å². The second-order valence-corrected chi connectivity index (χ2v) is 6.26. The lowest BCUT2D eigenvalue weighted by molar-refractivity contribution is -0.148. The lowest BCUT2D eigenvalue weighted by atomic mass is 10.1. The van der Waals surface area contributed by atoms with E-state index in [0.717, 1.165) is 16.6 Å². The van der Waals surface area contributed by atoms with Gasteiger partial charge in [-0.05, 0) is 36.4 Å². The Kier molecular flexibility index (Phi) is 6.52. The number of nitrogens with one attached hydrogen (secondary N) is 1. The van der Waals surface area contributed by atoms with Gasteiger partial charge in [0.2, 0.25) is 0 Å².